The Hall–Kier alpha value is -7.43. The maximum Gasteiger partial charge on any atom is 0.332 e. The molecule has 0 N–H and O–H groups in total. The zero-order valence-corrected chi connectivity index (χ0v) is 31.4. The number of rotatable bonds is 4. The second-order valence-electron chi connectivity index (χ2n) is 16.1. The maximum absolute atomic E-state index is 2.58. The number of anilines is 6. The molecule has 4 nitrogen and oxygen atoms in total. The molecule has 58 heavy (non-hydrogen) atoms. The summed E-state index contributed by atoms with van der Waals surface area (Å²) in [7, 11) is 0. The lowest BCUT2D eigenvalue weighted by atomic mass is 9.39. The first-order chi connectivity index (χ1) is 28.8. The average Bonchev–Trinajstić information content (AvgIpc) is 3.93. The summed E-state index contributed by atoms with van der Waals surface area (Å²) >= 11 is 0. The lowest BCUT2D eigenvalue weighted by Crippen LogP contribution is -2.63. The van der Waals surface area contributed by atoms with Crippen molar-refractivity contribution >= 4 is 91.5 Å². The van der Waals surface area contributed by atoms with Crippen LogP contribution in [-0.2, 0) is 0 Å². The molecule has 8 aromatic carbocycles. The Morgan fingerprint density at radius 3 is 1.21 bits per heavy atom. The Labute approximate surface area is 336 Å². The Morgan fingerprint density at radius 2 is 0.759 bits per heavy atom. The van der Waals surface area contributed by atoms with Crippen LogP contribution in [0.5, 0.6) is 0 Å². The Morgan fingerprint density at radius 1 is 0.328 bits per heavy atom. The number of hydrogen-bond donors (Lipinski definition) is 0. The van der Waals surface area contributed by atoms with E-state index in [0.717, 1.165) is 11.4 Å². The van der Waals surface area contributed by atoms with Gasteiger partial charge in [-0.1, -0.05) is 121 Å². The topological polar surface area (TPSA) is 16.3 Å². The first-order valence-electron chi connectivity index (χ1n) is 20.2. The Balaban J connectivity index is 1.16. The highest BCUT2D eigenvalue weighted by Gasteiger charge is 2.50. The molecule has 0 saturated heterocycles. The minimum Gasteiger partial charge on any atom is -0.382 e. The summed E-state index contributed by atoms with van der Waals surface area (Å²) in [5, 5.41) is 2.58. The van der Waals surface area contributed by atoms with E-state index in [4.69, 9.17) is 0 Å². The van der Waals surface area contributed by atoms with Crippen LogP contribution in [0.15, 0.2) is 194 Å². The van der Waals surface area contributed by atoms with E-state index in [9.17, 15) is 0 Å². The molecular formula is C52H32B2N4. The molecule has 0 unspecified atom stereocenters. The van der Waals surface area contributed by atoms with Crippen LogP contribution >= 0.6 is 0 Å². The standard InChI is InChI=1S/C52H32B2N4/c1-5-13-33(14-6-1)35-21-23-41-43(30-35)57(39-17-9-3-10-18-39)45-32-46-50-47-48-51-37(25-27-55(51)53(41)49(45)47)29-38-26-28-56(52(38)48)54(50)42-24-22-36(34-15-7-2-8-16-34)31-44(42)58(46)40-19-11-4-12-20-40/h1-32H. The van der Waals surface area contributed by atoms with Crippen molar-refractivity contribution in [3.8, 4) is 33.4 Å². The predicted octanol–water partition coefficient (Wildman–Crippen LogP) is 10.1. The van der Waals surface area contributed by atoms with Gasteiger partial charge in [-0.3, -0.25) is 0 Å². The van der Waals surface area contributed by atoms with Crippen LogP contribution in [-0.4, -0.2) is 22.7 Å². The van der Waals surface area contributed by atoms with Crippen molar-refractivity contribution in [1.29, 1.82) is 0 Å². The molecule has 4 aliphatic rings. The number of nitrogens with zero attached hydrogens (tertiary/aromatic N) is 4. The summed E-state index contributed by atoms with van der Waals surface area (Å²) in [6, 6.07) is 67.6. The molecular weight excluding hydrogens is 702 g/mol. The summed E-state index contributed by atoms with van der Waals surface area (Å²) in [6.45, 7) is 0.0125. The van der Waals surface area contributed by atoms with E-state index < -0.39 is 0 Å². The van der Waals surface area contributed by atoms with Gasteiger partial charge in [0.2, 0.25) is 0 Å². The monoisotopic (exact) mass is 734 g/mol. The molecule has 266 valence electrons. The van der Waals surface area contributed by atoms with E-state index in [2.05, 4.69) is 213 Å². The second kappa shape index (κ2) is 11.1. The third-order valence-corrected chi connectivity index (χ3v) is 13.3. The van der Waals surface area contributed by atoms with Gasteiger partial charge in [-0.15, -0.1) is 0 Å². The molecule has 0 amide bonds. The molecule has 0 saturated carbocycles. The fourth-order valence-electron chi connectivity index (χ4n) is 10.9. The van der Waals surface area contributed by atoms with Gasteiger partial charge in [-0.2, -0.15) is 0 Å². The van der Waals surface area contributed by atoms with Gasteiger partial charge >= 0.3 is 13.7 Å². The number of hydrogen-bond acceptors (Lipinski definition) is 2. The Kier molecular flexibility index (Phi) is 5.89. The van der Waals surface area contributed by atoms with Crippen molar-refractivity contribution in [3.63, 3.8) is 0 Å². The molecule has 0 radical (unpaired) electrons. The normalized spacial score (nSPS) is 13.7. The molecule has 0 bridgehead atoms. The highest BCUT2D eigenvalue weighted by Crippen LogP contribution is 2.51. The lowest BCUT2D eigenvalue weighted by molar-refractivity contribution is 1.20. The van der Waals surface area contributed by atoms with Crippen LogP contribution in [0.2, 0.25) is 0 Å². The van der Waals surface area contributed by atoms with Crippen LogP contribution in [0.3, 0.4) is 0 Å². The van der Waals surface area contributed by atoms with Gasteiger partial charge in [0.25, 0.3) is 0 Å². The minimum atomic E-state index is 0.00623. The zero-order valence-electron chi connectivity index (χ0n) is 31.4. The van der Waals surface area contributed by atoms with Gasteiger partial charge in [-0.05, 0) is 133 Å². The lowest BCUT2D eigenvalue weighted by Gasteiger charge is -2.47. The van der Waals surface area contributed by atoms with Crippen molar-refractivity contribution in [2.75, 3.05) is 9.80 Å². The van der Waals surface area contributed by atoms with E-state index >= 15 is 0 Å². The first-order valence-corrected chi connectivity index (χ1v) is 20.2. The highest BCUT2D eigenvalue weighted by molar-refractivity contribution is 6.94. The van der Waals surface area contributed by atoms with Gasteiger partial charge < -0.3 is 18.8 Å². The van der Waals surface area contributed by atoms with Gasteiger partial charge in [0, 0.05) is 50.7 Å². The van der Waals surface area contributed by atoms with Gasteiger partial charge in [0.05, 0.1) is 0 Å². The summed E-state index contributed by atoms with van der Waals surface area (Å²) in [5.74, 6) is 0. The molecule has 10 aromatic rings. The van der Waals surface area contributed by atoms with Crippen LogP contribution in [0.1, 0.15) is 0 Å². The molecule has 14 rings (SSSR count). The van der Waals surface area contributed by atoms with Crippen LogP contribution in [0.4, 0.5) is 34.1 Å². The van der Waals surface area contributed by atoms with Crippen LogP contribution in [0.25, 0.3) is 55.2 Å². The largest absolute Gasteiger partial charge is 0.382 e. The van der Waals surface area contributed by atoms with E-state index in [1.807, 2.05) is 0 Å². The molecule has 6 heteroatoms. The van der Waals surface area contributed by atoms with Crippen molar-refractivity contribution in [1.82, 2.24) is 8.96 Å². The van der Waals surface area contributed by atoms with Gasteiger partial charge in [0.15, 0.2) is 0 Å². The van der Waals surface area contributed by atoms with Crippen LogP contribution in [0, 0.1) is 0 Å². The molecule has 2 aromatic heterocycles. The molecule has 0 aliphatic carbocycles. The highest BCUT2D eigenvalue weighted by atomic mass is 15.2. The summed E-state index contributed by atoms with van der Waals surface area (Å²) in [5.41, 5.74) is 22.9. The van der Waals surface area contributed by atoms with E-state index in [0.29, 0.717) is 0 Å². The quantitative estimate of drug-likeness (QED) is 0.168. The van der Waals surface area contributed by atoms with Crippen LogP contribution < -0.4 is 31.7 Å². The summed E-state index contributed by atoms with van der Waals surface area (Å²) in [4.78, 5) is 5.11. The van der Waals surface area contributed by atoms with Crippen molar-refractivity contribution < 1.29 is 0 Å². The van der Waals surface area contributed by atoms with Gasteiger partial charge in [0.1, 0.15) is 0 Å². The zero-order chi connectivity index (χ0) is 37.6. The smallest absolute Gasteiger partial charge is 0.332 e. The van der Waals surface area contributed by atoms with Gasteiger partial charge in [-0.25, -0.2) is 0 Å². The Bertz CT molecular complexity index is 3140. The number of benzene rings is 8. The molecule has 0 atom stereocenters. The first kappa shape index (κ1) is 30.7. The number of fused-ring (bicyclic) bond motifs is 6. The molecule has 0 fully saturated rings. The van der Waals surface area contributed by atoms with Crippen molar-refractivity contribution in [2.24, 2.45) is 0 Å². The minimum absolute atomic E-state index is 0.00623. The summed E-state index contributed by atoms with van der Waals surface area (Å²) < 4.78 is 5.17. The maximum atomic E-state index is 2.58. The molecule has 0 spiro atoms. The SMILES string of the molecule is c1ccc(-c2ccc3c(c2)N(c2ccccc2)c2cc4c5c6c2B3n2ccc3cc7ccn(c7c-6c32)B5c2ccc(-c3ccccc3)cc2N4c2ccccc2)cc1. The van der Waals surface area contributed by atoms with Crippen molar-refractivity contribution in [3.05, 3.63) is 194 Å². The molecule has 6 heterocycles. The van der Waals surface area contributed by atoms with E-state index in [-0.39, 0.29) is 13.7 Å². The number of aromatic nitrogens is 2. The fourth-order valence-corrected chi connectivity index (χ4v) is 10.9. The number of para-hydroxylation sites is 2. The van der Waals surface area contributed by atoms with Crippen molar-refractivity contribution in [2.45, 2.75) is 0 Å². The second-order valence-corrected chi connectivity index (χ2v) is 16.1. The fraction of sp³-hybridized carbons (Fsp3) is 0. The third-order valence-electron chi connectivity index (χ3n) is 13.3. The van der Waals surface area contributed by atoms with E-state index in [1.165, 1.54) is 99.8 Å². The average molecular weight is 734 g/mol. The predicted molar refractivity (Wildman–Crippen MR) is 244 cm³/mol. The third kappa shape index (κ3) is 3.87. The molecule has 4 aliphatic heterocycles. The summed E-state index contributed by atoms with van der Waals surface area (Å²) in [6.07, 6.45) is 4.69. The van der Waals surface area contributed by atoms with E-state index in [1.54, 1.807) is 0 Å².